The average molecular weight is 258 g/mol. The van der Waals surface area contributed by atoms with E-state index < -0.39 is 16.8 Å². The highest BCUT2D eigenvalue weighted by Crippen LogP contribution is 2.32. The van der Waals surface area contributed by atoms with Gasteiger partial charge in [-0.2, -0.15) is 8.42 Å². The molecule has 0 unspecified atom stereocenters. The van der Waals surface area contributed by atoms with Gasteiger partial charge in [0.25, 0.3) is 10.1 Å². The summed E-state index contributed by atoms with van der Waals surface area (Å²) in [5, 5.41) is 0. The molecule has 0 saturated heterocycles. The van der Waals surface area contributed by atoms with Crippen LogP contribution in [0.25, 0.3) is 0 Å². The van der Waals surface area contributed by atoms with Gasteiger partial charge in [0.2, 0.25) is 0 Å². The number of alkyl halides is 1. The number of halogens is 1. The Kier molecular flexibility index (Phi) is 3.49. The normalized spacial score (nSPS) is 24.4. The smallest absolute Gasteiger partial charge is 0.263 e. The van der Waals surface area contributed by atoms with Crippen LogP contribution in [0.1, 0.15) is 18.4 Å². The lowest BCUT2D eigenvalue weighted by Crippen LogP contribution is -2.34. The Morgan fingerprint density at radius 1 is 1.29 bits per heavy atom. The van der Waals surface area contributed by atoms with Crippen molar-refractivity contribution in [2.75, 3.05) is 6.67 Å². The molecule has 0 radical (unpaired) electrons. The summed E-state index contributed by atoms with van der Waals surface area (Å²) in [7, 11) is -3.69. The molecule has 0 N–H and O–H groups in total. The lowest BCUT2D eigenvalue weighted by molar-refractivity contribution is 0.0571. The van der Waals surface area contributed by atoms with Crippen LogP contribution in [0.2, 0.25) is 0 Å². The fourth-order valence-corrected chi connectivity index (χ4v) is 2.91. The first-order valence-electron chi connectivity index (χ1n) is 5.57. The molecule has 1 saturated carbocycles. The molecule has 0 heterocycles. The van der Waals surface area contributed by atoms with E-state index in [1.807, 2.05) is 6.92 Å². The zero-order chi connectivity index (χ0) is 12.5. The number of aryl methyl sites for hydroxylation is 1. The van der Waals surface area contributed by atoms with E-state index in [0.717, 1.165) is 5.56 Å². The third kappa shape index (κ3) is 2.84. The van der Waals surface area contributed by atoms with E-state index in [1.54, 1.807) is 12.1 Å². The first-order valence-corrected chi connectivity index (χ1v) is 6.98. The minimum atomic E-state index is -3.69. The molecule has 0 bridgehead atoms. The fraction of sp³-hybridized carbons (Fsp3) is 0.500. The summed E-state index contributed by atoms with van der Waals surface area (Å²) in [4.78, 5) is 0.159. The predicted molar refractivity (Wildman–Crippen MR) is 61.9 cm³/mol. The Hall–Kier alpha value is -0.940. The molecule has 1 aliphatic rings. The summed E-state index contributed by atoms with van der Waals surface area (Å²) in [6, 6.07) is 6.49. The minimum absolute atomic E-state index is 0.0341. The molecule has 3 nitrogen and oxygen atoms in total. The van der Waals surface area contributed by atoms with E-state index >= 15 is 0 Å². The Labute approximate surface area is 101 Å². The van der Waals surface area contributed by atoms with Crippen molar-refractivity contribution in [1.82, 2.24) is 0 Å². The van der Waals surface area contributed by atoms with Crippen LogP contribution >= 0.6 is 0 Å². The zero-order valence-corrected chi connectivity index (χ0v) is 10.4. The van der Waals surface area contributed by atoms with Gasteiger partial charge in [-0.25, -0.2) is 0 Å². The Morgan fingerprint density at radius 3 is 2.41 bits per heavy atom. The van der Waals surface area contributed by atoms with E-state index in [9.17, 15) is 12.8 Å². The summed E-state index contributed by atoms with van der Waals surface area (Å²) < 4.78 is 40.9. The quantitative estimate of drug-likeness (QED) is 0.779. The molecular weight excluding hydrogens is 243 g/mol. The van der Waals surface area contributed by atoms with E-state index in [-0.39, 0.29) is 16.9 Å². The van der Waals surface area contributed by atoms with Gasteiger partial charge >= 0.3 is 0 Å². The molecular formula is C12H15FO3S. The summed E-state index contributed by atoms with van der Waals surface area (Å²) >= 11 is 0. The van der Waals surface area contributed by atoms with Crippen LogP contribution in [-0.2, 0) is 14.3 Å². The van der Waals surface area contributed by atoms with Crippen LogP contribution in [0.4, 0.5) is 4.39 Å². The van der Waals surface area contributed by atoms with E-state index in [2.05, 4.69) is 0 Å². The third-order valence-corrected chi connectivity index (χ3v) is 4.36. The van der Waals surface area contributed by atoms with Crippen molar-refractivity contribution in [3.63, 3.8) is 0 Å². The molecule has 0 spiro atoms. The molecule has 5 heteroatoms. The molecule has 2 rings (SSSR count). The van der Waals surface area contributed by atoms with Crippen molar-refractivity contribution in [3.8, 4) is 0 Å². The molecule has 94 valence electrons. The van der Waals surface area contributed by atoms with Crippen LogP contribution < -0.4 is 0 Å². The molecule has 1 fully saturated rings. The molecule has 0 amide bonds. The molecule has 1 aromatic rings. The molecule has 1 aromatic carbocycles. The number of rotatable bonds is 4. The molecule has 1 aliphatic carbocycles. The maximum atomic E-state index is 12.2. The average Bonchev–Trinajstić information content (AvgIpc) is 2.23. The predicted octanol–water partition coefficient (Wildman–Crippen LogP) is 2.45. The second-order valence-corrected chi connectivity index (χ2v) is 6.05. The van der Waals surface area contributed by atoms with Gasteiger partial charge in [-0.05, 0) is 37.8 Å². The first kappa shape index (κ1) is 12.5. The number of benzene rings is 1. The molecule has 17 heavy (non-hydrogen) atoms. The van der Waals surface area contributed by atoms with Gasteiger partial charge in [-0.15, -0.1) is 0 Å². The topological polar surface area (TPSA) is 43.4 Å². The monoisotopic (exact) mass is 258 g/mol. The SMILES string of the molecule is Cc1ccc(S(=O)(=O)OC2CC(CF)C2)cc1. The van der Waals surface area contributed by atoms with Crippen LogP contribution in [0.3, 0.4) is 0 Å². The van der Waals surface area contributed by atoms with Gasteiger partial charge in [-0.1, -0.05) is 17.7 Å². The third-order valence-electron chi connectivity index (χ3n) is 2.98. The lowest BCUT2D eigenvalue weighted by atomic mass is 9.84. The largest absolute Gasteiger partial charge is 0.297 e. The van der Waals surface area contributed by atoms with Crippen LogP contribution in [0.15, 0.2) is 29.2 Å². The highest BCUT2D eigenvalue weighted by Gasteiger charge is 2.34. The number of hydrogen-bond acceptors (Lipinski definition) is 3. The molecule has 0 atom stereocenters. The highest BCUT2D eigenvalue weighted by molar-refractivity contribution is 7.86. The number of hydrogen-bond donors (Lipinski definition) is 0. The van der Waals surface area contributed by atoms with E-state index in [1.165, 1.54) is 12.1 Å². The lowest BCUT2D eigenvalue weighted by Gasteiger charge is -2.32. The van der Waals surface area contributed by atoms with Gasteiger partial charge in [0.15, 0.2) is 0 Å². The van der Waals surface area contributed by atoms with Gasteiger partial charge in [0.1, 0.15) is 0 Å². The summed E-state index contributed by atoms with van der Waals surface area (Å²) in [5.41, 5.74) is 0.991. The summed E-state index contributed by atoms with van der Waals surface area (Å²) in [6.45, 7) is 1.49. The van der Waals surface area contributed by atoms with Crippen molar-refractivity contribution in [2.45, 2.75) is 30.8 Å². The van der Waals surface area contributed by atoms with Crippen molar-refractivity contribution < 1.29 is 17.0 Å². The highest BCUT2D eigenvalue weighted by atomic mass is 32.2. The minimum Gasteiger partial charge on any atom is -0.263 e. The summed E-state index contributed by atoms with van der Waals surface area (Å²) in [5.74, 6) is -0.0341. The van der Waals surface area contributed by atoms with E-state index in [4.69, 9.17) is 4.18 Å². The van der Waals surface area contributed by atoms with E-state index in [0.29, 0.717) is 12.8 Å². The molecule has 0 aromatic heterocycles. The van der Waals surface area contributed by atoms with Crippen LogP contribution in [0.5, 0.6) is 0 Å². The van der Waals surface area contributed by atoms with Crippen LogP contribution in [0, 0.1) is 12.8 Å². The zero-order valence-electron chi connectivity index (χ0n) is 9.60. The maximum Gasteiger partial charge on any atom is 0.297 e. The Bertz CT molecular complexity index is 475. The van der Waals surface area contributed by atoms with Gasteiger partial charge in [-0.3, -0.25) is 8.57 Å². The second-order valence-electron chi connectivity index (χ2n) is 4.48. The summed E-state index contributed by atoms with van der Waals surface area (Å²) in [6.07, 6.45) is 0.616. The Balaban J connectivity index is 2.02. The fourth-order valence-electron chi connectivity index (χ4n) is 1.82. The molecule has 0 aliphatic heterocycles. The second kappa shape index (κ2) is 4.74. The van der Waals surface area contributed by atoms with Gasteiger partial charge < -0.3 is 0 Å². The maximum absolute atomic E-state index is 12.2. The van der Waals surface area contributed by atoms with Gasteiger partial charge in [0.05, 0.1) is 17.7 Å². The standard InChI is InChI=1S/C12H15FO3S/c1-9-2-4-12(5-3-9)17(14,15)16-11-6-10(7-11)8-13/h2-5,10-11H,6-8H2,1H3. The van der Waals surface area contributed by atoms with Crippen molar-refractivity contribution >= 4 is 10.1 Å². The van der Waals surface area contributed by atoms with Crippen molar-refractivity contribution in [1.29, 1.82) is 0 Å². The van der Waals surface area contributed by atoms with Crippen LogP contribution in [-0.4, -0.2) is 21.2 Å². The first-order chi connectivity index (χ1) is 8.01. The van der Waals surface area contributed by atoms with Gasteiger partial charge in [0, 0.05) is 0 Å². The Morgan fingerprint density at radius 2 is 1.88 bits per heavy atom. The van der Waals surface area contributed by atoms with Crippen molar-refractivity contribution in [3.05, 3.63) is 29.8 Å². The van der Waals surface area contributed by atoms with Crippen molar-refractivity contribution in [2.24, 2.45) is 5.92 Å².